The number of hydrogen-bond acceptors (Lipinski definition) is 3. The molecule has 2 aliphatic carbocycles. The van der Waals surface area contributed by atoms with Crippen LogP contribution in [0.4, 0.5) is 0 Å². The Morgan fingerprint density at radius 3 is 2.36 bits per heavy atom. The van der Waals surface area contributed by atoms with E-state index in [1.165, 1.54) is 6.42 Å². The number of carbonyl (C=O) groups excluding carboxylic acids is 2. The van der Waals surface area contributed by atoms with Gasteiger partial charge in [0, 0.05) is 17.2 Å². The van der Waals surface area contributed by atoms with Gasteiger partial charge in [0.15, 0.2) is 0 Å². The highest BCUT2D eigenvalue weighted by Crippen LogP contribution is 2.33. The molecule has 0 heterocycles. The molecule has 4 heteroatoms. The fourth-order valence-electron chi connectivity index (χ4n) is 3.45. The molecule has 3 rings (SSSR count). The first-order chi connectivity index (χ1) is 10.5. The minimum atomic E-state index is -0.268. The molecule has 0 aromatic heterocycles. The van der Waals surface area contributed by atoms with Crippen molar-refractivity contribution in [1.82, 2.24) is 5.32 Å². The van der Waals surface area contributed by atoms with Gasteiger partial charge >= 0.3 is 0 Å². The summed E-state index contributed by atoms with van der Waals surface area (Å²) in [6, 6.07) is 7.05. The zero-order valence-electron chi connectivity index (χ0n) is 12.9. The number of Topliss-reactive ketones (excluding diaryl/α,β-unsaturated/α-hetero) is 2. The van der Waals surface area contributed by atoms with E-state index < -0.39 is 0 Å². The maximum absolute atomic E-state index is 12.7. The van der Waals surface area contributed by atoms with E-state index in [4.69, 9.17) is 11.6 Å². The van der Waals surface area contributed by atoms with Gasteiger partial charge in [-0.25, -0.2) is 0 Å². The maximum Gasteiger partial charge on any atom is 0.211 e. The smallest absolute Gasteiger partial charge is 0.211 e. The van der Waals surface area contributed by atoms with E-state index in [0.29, 0.717) is 23.0 Å². The minimum absolute atomic E-state index is 0.0223. The Morgan fingerprint density at radius 1 is 1.05 bits per heavy atom. The van der Waals surface area contributed by atoms with Gasteiger partial charge in [-0.3, -0.25) is 9.59 Å². The normalized spacial score (nSPS) is 28.6. The van der Waals surface area contributed by atoms with Gasteiger partial charge in [0.25, 0.3) is 0 Å². The molecule has 116 valence electrons. The fraction of sp³-hybridized carbons (Fsp3) is 0.444. The molecule has 0 amide bonds. The van der Waals surface area contributed by atoms with Crippen molar-refractivity contribution in [3.63, 3.8) is 0 Å². The SMILES string of the molecule is C[C@H]1[C@@H](NC2=C(Cl)C(=O)c3ccccc3C2=O)CCC[C@@H]1C. The largest absolute Gasteiger partial charge is 0.378 e. The first-order valence-corrected chi connectivity index (χ1v) is 8.23. The molecule has 2 aliphatic rings. The van der Waals surface area contributed by atoms with Crippen molar-refractivity contribution >= 4 is 23.2 Å². The third-order valence-corrected chi connectivity index (χ3v) is 5.46. The molecule has 0 aliphatic heterocycles. The summed E-state index contributed by atoms with van der Waals surface area (Å²) >= 11 is 6.21. The molecule has 0 spiro atoms. The number of allylic oxidation sites excluding steroid dienone is 2. The van der Waals surface area contributed by atoms with Crippen LogP contribution in [0.25, 0.3) is 0 Å². The van der Waals surface area contributed by atoms with Gasteiger partial charge in [0.2, 0.25) is 11.6 Å². The van der Waals surface area contributed by atoms with E-state index in [2.05, 4.69) is 19.2 Å². The molecule has 0 bridgehead atoms. The second-order valence-corrected chi connectivity index (χ2v) is 6.79. The van der Waals surface area contributed by atoms with Gasteiger partial charge in [-0.05, 0) is 18.3 Å². The van der Waals surface area contributed by atoms with Crippen LogP contribution in [-0.4, -0.2) is 17.6 Å². The van der Waals surface area contributed by atoms with Gasteiger partial charge in [0.05, 0.1) is 0 Å². The Balaban J connectivity index is 1.92. The quantitative estimate of drug-likeness (QED) is 0.899. The van der Waals surface area contributed by atoms with E-state index in [9.17, 15) is 9.59 Å². The Morgan fingerprint density at radius 2 is 1.68 bits per heavy atom. The van der Waals surface area contributed by atoms with Crippen molar-refractivity contribution in [2.75, 3.05) is 0 Å². The number of rotatable bonds is 2. The van der Waals surface area contributed by atoms with Gasteiger partial charge in [-0.15, -0.1) is 0 Å². The van der Waals surface area contributed by atoms with Crippen molar-refractivity contribution in [3.8, 4) is 0 Å². The van der Waals surface area contributed by atoms with Gasteiger partial charge in [-0.2, -0.15) is 0 Å². The predicted octanol–water partition coefficient (Wildman–Crippen LogP) is 3.93. The second-order valence-electron chi connectivity index (χ2n) is 6.41. The third kappa shape index (κ3) is 2.48. The Kier molecular flexibility index (Phi) is 4.09. The maximum atomic E-state index is 12.7. The molecule has 1 aromatic rings. The van der Waals surface area contributed by atoms with Crippen LogP contribution in [-0.2, 0) is 0 Å². The number of halogens is 1. The van der Waals surface area contributed by atoms with Crippen LogP contribution in [0, 0.1) is 11.8 Å². The highest BCUT2D eigenvalue weighted by atomic mass is 35.5. The molecular formula is C18H20ClNO2. The lowest BCUT2D eigenvalue weighted by Crippen LogP contribution is -2.43. The van der Waals surface area contributed by atoms with Gasteiger partial charge in [0.1, 0.15) is 10.7 Å². The summed E-state index contributed by atoms with van der Waals surface area (Å²) < 4.78 is 0. The molecule has 1 N–H and O–H groups in total. The minimum Gasteiger partial charge on any atom is -0.378 e. The Bertz CT molecular complexity index is 665. The average Bonchev–Trinajstić information content (AvgIpc) is 2.53. The number of fused-ring (bicyclic) bond motifs is 1. The molecule has 1 aromatic carbocycles. The van der Waals surface area contributed by atoms with Crippen LogP contribution >= 0.6 is 11.6 Å². The summed E-state index contributed by atoms with van der Waals surface area (Å²) in [4.78, 5) is 25.1. The van der Waals surface area contributed by atoms with E-state index in [1.54, 1.807) is 24.3 Å². The summed E-state index contributed by atoms with van der Waals surface area (Å²) in [6.07, 6.45) is 3.34. The molecule has 0 unspecified atom stereocenters. The first-order valence-electron chi connectivity index (χ1n) is 7.85. The van der Waals surface area contributed by atoms with Gasteiger partial charge in [-0.1, -0.05) is 62.6 Å². The molecular weight excluding hydrogens is 298 g/mol. The Hall–Kier alpha value is -1.61. The Labute approximate surface area is 135 Å². The third-order valence-electron chi connectivity index (χ3n) is 5.10. The van der Waals surface area contributed by atoms with Gasteiger partial charge < -0.3 is 5.32 Å². The monoisotopic (exact) mass is 317 g/mol. The number of hydrogen-bond donors (Lipinski definition) is 1. The lowest BCUT2D eigenvalue weighted by molar-refractivity contribution is 0.0966. The van der Waals surface area contributed by atoms with E-state index in [1.807, 2.05) is 0 Å². The van der Waals surface area contributed by atoms with Crippen LogP contribution in [0.2, 0.25) is 0 Å². The average molecular weight is 318 g/mol. The standard InChI is InChI=1S/C18H20ClNO2/c1-10-6-5-9-14(11(10)2)20-16-15(19)17(21)12-7-3-4-8-13(12)18(16)22/h3-4,7-8,10-11,14,20H,5-6,9H2,1-2H3/t10-,11+,14-/m0/s1. The molecule has 1 fully saturated rings. The topological polar surface area (TPSA) is 46.2 Å². The molecule has 0 saturated heterocycles. The molecule has 0 radical (unpaired) electrons. The fourth-order valence-corrected chi connectivity index (χ4v) is 3.69. The summed E-state index contributed by atoms with van der Waals surface area (Å²) in [5.74, 6) is 0.611. The lowest BCUT2D eigenvalue weighted by atomic mass is 9.77. The van der Waals surface area contributed by atoms with Crippen LogP contribution in [0.15, 0.2) is 35.0 Å². The predicted molar refractivity (Wildman–Crippen MR) is 87.1 cm³/mol. The van der Waals surface area contributed by atoms with Crippen LogP contribution in [0.5, 0.6) is 0 Å². The van der Waals surface area contributed by atoms with Crippen molar-refractivity contribution in [2.24, 2.45) is 11.8 Å². The molecule has 3 nitrogen and oxygen atoms in total. The van der Waals surface area contributed by atoms with Crippen LogP contribution in [0.1, 0.15) is 53.8 Å². The number of benzene rings is 1. The second kappa shape index (κ2) is 5.88. The zero-order valence-corrected chi connectivity index (χ0v) is 13.6. The first kappa shape index (κ1) is 15.3. The van der Waals surface area contributed by atoms with Crippen molar-refractivity contribution in [2.45, 2.75) is 39.2 Å². The summed E-state index contributed by atoms with van der Waals surface area (Å²) in [6.45, 7) is 4.43. The molecule has 22 heavy (non-hydrogen) atoms. The molecule has 1 saturated carbocycles. The zero-order chi connectivity index (χ0) is 15.9. The van der Waals surface area contributed by atoms with E-state index in [-0.39, 0.29) is 28.3 Å². The van der Waals surface area contributed by atoms with Crippen LogP contribution < -0.4 is 5.32 Å². The highest BCUT2D eigenvalue weighted by molar-refractivity contribution is 6.49. The van der Waals surface area contributed by atoms with Crippen molar-refractivity contribution < 1.29 is 9.59 Å². The summed E-state index contributed by atoms with van der Waals surface area (Å²) in [5.41, 5.74) is 1.11. The number of ketones is 2. The summed E-state index contributed by atoms with van der Waals surface area (Å²) in [7, 11) is 0. The highest BCUT2D eigenvalue weighted by Gasteiger charge is 2.34. The van der Waals surface area contributed by atoms with Crippen molar-refractivity contribution in [1.29, 1.82) is 0 Å². The van der Waals surface area contributed by atoms with Crippen LogP contribution in [0.3, 0.4) is 0 Å². The molecule has 3 atom stereocenters. The van der Waals surface area contributed by atoms with Crippen molar-refractivity contribution in [3.05, 3.63) is 46.1 Å². The number of nitrogens with one attached hydrogen (secondary N) is 1. The van der Waals surface area contributed by atoms with E-state index >= 15 is 0 Å². The number of carbonyl (C=O) groups is 2. The lowest BCUT2D eigenvalue weighted by Gasteiger charge is -2.36. The summed E-state index contributed by atoms with van der Waals surface area (Å²) in [5, 5.41) is 3.31. The van der Waals surface area contributed by atoms with E-state index in [0.717, 1.165) is 12.8 Å².